The molecule has 0 saturated heterocycles. The van der Waals surface area contributed by atoms with Crippen LogP contribution in [0.15, 0.2) is 54.6 Å². The van der Waals surface area contributed by atoms with Crippen molar-refractivity contribution in [1.29, 1.82) is 0 Å². The monoisotopic (exact) mass is 326 g/mol. The van der Waals surface area contributed by atoms with Crippen molar-refractivity contribution in [3.63, 3.8) is 0 Å². The van der Waals surface area contributed by atoms with Crippen LogP contribution < -0.4 is 16.0 Å². The zero-order valence-electron chi connectivity index (χ0n) is 14.1. The molecule has 0 spiro atoms. The van der Waals surface area contributed by atoms with Gasteiger partial charge in [0.25, 0.3) is 5.91 Å². The van der Waals surface area contributed by atoms with Gasteiger partial charge in [0, 0.05) is 18.2 Å². The van der Waals surface area contributed by atoms with Gasteiger partial charge in [-0.05, 0) is 6.92 Å². The Morgan fingerprint density at radius 3 is 2.21 bits per heavy atom. The number of amides is 2. The van der Waals surface area contributed by atoms with Crippen molar-refractivity contribution in [2.45, 2.75) is 13.0 Å². The molecule has 2 aromatic rings. The normalized spacial score (nSPS) is 11.6. The number of aryl methyl sites for hydroxylation is 1. The van der Waals surface area contributed by atoms with Crippen molar-refractivity contribution >= 4 is 11.8 Å². The van der Waals surface area contributed by atoms with Gasteiger partial charge < -0.3 is 16.0 Å². The lowest BCUT2D eigenvalue weighted by Gasteiger charge is -2.16. The molecule has 0 heterocycles. The van der Waals surface area contributed by atoms with Crippen molar-refractivity contribution in [3.05, 3.63) is 71.3 Å². The number of rotatable bonds is 7. The molecule has 0 aliphatic carbocycles. The maximum Gasteiger partial charge on any atom is 0.275 e. The number of carbonyl (C=O) groups excluding carboxylic acids is 2. The second-order valence-corrected chi connectivity index (χ2v) is 5.69. The Morgan fingerprint density at radius 1 is 0.958 bits per heavy atom. The predicted octanol–water partition coefficient (Wildman–Crippen LogP) is 0.510. The maximum absolute atomic E-state index is 12.0. The van der Waals surface area contributed by atoms with Gasteiger partial charge in [0.05, 0.1) is 6.54 Å². The summed E-state index contributed by atoms with van der Waals surface area (Å²) in [6, 6.07) is 18.5. The molecule has 5 heteroatoms. The van der Waals surface area contributed by atoms with Crippen LogP contribution in [0.2, 0.25) is 0 Å². The Hall–Kier alpha value is -2.66. The van der Waals surface area contributed by atoms with E-state index in [1.807, 2.05) is 23.5 Å². The molecule has 5 nitrogen and oxygen atoms in total. The second-order valence-electron chi connectivity index (χ2n) is 5.69. The number of quaternary nitrogens is 1. The third-order valence-electron chi connectivity index (χ3n) is 3.86. The molecule has 0 aliphatic rings. The Kier molecular flexibility index (Phi) is 6.51. The van der Waals surface area contributed by atoms with Gasteiger partial charge in [0.1, 0.15) is 6.04 Å². The number of likely N-dealkylation sites (N-methyl/N-ethyl adjacent to an activating group) is 1. The third-order valence-corrected chi connectivity index (χ3v) is 3.86. The molecule has 126 valence electrons. The van der Waals surface area contributed by atoms with Gasteiger partial charge in [-0.3, -0.25) is 9.59 Å². The summed E-state index contributed by atoms with van der Waals surface area (Å²) >= 11 is 0. The number of nitrogens with two attached hydrogens (primary N) is 1. The predicted molar refractivity (Wildman–Crippen MR) is 93.3 cm³/mol. The summed E-state index contributed by atoms with van der Waals surface area (Å²) in [6.45, 7) is 2.31. The number of hydrogen-bond acceptors (Lipinski definition) is 2. The van der Waals surface area contributed by atoms with Crippen molar-refractivity contribution in [2.75, 3.05) is 20.1 Å². The van der Waals surface area contributed by atoms with E-state index in [1.165, 1.54) is 5.56 Å². The minimum Gasteiger partial charge on any atom is -0.358 e. The molecule has 0 aliphatic heterocycles. The van der Waals surface area contributed by atoms with Crippen LogP contribution in [-0.2, 0) is 9.59 Å². The molecule has 0 fully saturated rings. The summed E-state index contributed by atoms with van der Waals surface area (Å²) in [4.78, 5) is 23.2. The number of carbonyl (C=O) groups is 2. The van der Waals surface area contributed by atoms with E-state index in [2.05, 4.69) is 54.0 Å². The van der Waals surface area contributed by atoms with Gasteiger partial charge in [-0.1, -0.05) is 60.2 Å². The minimum atomic E-state index is -0.207. The van der Waals surface area contributed by atoms with Gasteiger partial charge in [-0.15, -0.1) is 0 Å². The highest BCUT2D eigenvalue weighted by Crippen LogP contribution is 2.18. The Bertz CT molecular complexity index is 669. The Morgan fingerprint density at radius 2 is 1.58 bits per heavy atom. The highest BCUT2D eigenvalue weighted by Gasteiger charge is 2.18. The molecule has 0 unspecified atom stereocenters. The molecular formula is C19H24N3O2+. The van der Waals surface area contributed by atoms with Crippen LogP contribution in [0.25, 0.3) is 0 Å². The second kappa shape index (κ2) is 8.84. The van der Waals surface area contributed by atoms with E-state index in [0.29, 0.717) is 0 Å². The van der Waals surface area contributed by atoms with Gasteiger partial charge in [0.15, 0.2) is 6.54 Å². The molecule has 0 radical (unpaired) electrons. The minimum absolute atomic E-state index is 0.00368. The Balaban J connectivity index is 2.05. The highest BCUT2D eigenvalue weighted by atomic mass is 16.2. The summed E-state index contributed by atoms with van der Waals surface area (Å²) in [5.74, 6) is -0.367. The van der Waals surface area contributed by atoms with E-state index in [1.54, 1.807) is 7.05 Å². The van der Waals surface area contributed by atoms with E-state index in [-0.39, 0.29) is 30.9 Å². The molecule has 2 amide bonds. The molecule has 2 aromatic carbocycles. The van der Waals surface area contributed by atoms with Crippen molar-refractivity contribution in [3.8, 4) is 0 Å². The molecule has 2 rings (SSSR count). The SMILES string of the molecule is CNC(=O)CNC(=O)C[NH2+][C@H](c1ccccc1)c1ccc(C)cc1. The van der Waals surface area contributed by atoms with Crippen LogP contribution in [0.3, 0.4) is 0 Å². The number of hydrogen-bond donors (Lipinski definition) is 3. The van der Waals surface area contributed by atoms with E-state index in [0.717, 1.165) is 11.1 Å². The van der Waals surface area contributed by atoms with Gasteiger partial charge in [-0.25, -0.2) is 0 Å². The summed E-state index contributed by atoms with van der Waals surface area (Å²) in [6.07, 6.45) is 0. The molecule has 4 N–H and O–H groups in total. The lowest BCUT2D eigenvalue weighted by atomic mass is 9.98. The first-order chi connectivity index (χ1) is 11.6. The maximum atomic E-state index is 12.0. The van der Waals surface area contributed by atoms with E-state index in [9.17, 15) is 9.59 Å². The number of nitrogens with one attached hydrogen (secondary N) is 2. The van der Waals surface area contributed by atoms with Gasteiger partial charge >= 0.3 is 0 Å². The van der Waals surface area contributed by atoms with Crippen LogP contribution in [0, 0.1) is 6.92 Å². The summed E-state index contributed by atoms with van der Waals surface area (Å²) in [5.41, 5.74) is 3.49. The van der Waals surface area contributed by atoms with E-state index in [4.69, 9.17) is 0 Å². The van der Waals surface area contributed by atoms with E-state index < -0.39 is 0 Å². The smallest absolute Gasteiger partial charge is 0.275 e. The third kappa shape index (κ3) is 5.21. The number of benzene rings is 2. The van der Waals surface area contributed by atoms with Crippen LogP contribution >= 0.6 is 0 Å². The molecular weight excluding hydrogens is 302 g/mol. The van der Waals surface area contributed by atoms with Crippen LogP contribution in [-0.4, -0.2) is 32.0 Å². The Labute approximate surface area is 142 Å². The van der Waals surface area contributed by atoms with Crippen LogP contribution in [0.5, 0.6) is 0 Å². The fraction of sp³-hybridized carbons (Fsp3) is 0.263. The lowest BCUT2D eigenvalue weighted by Crippen LogP contribution is -2.87. The van der Waals surface area contributed by atoms with E-state index >= 15 is 0 Å². The highest BCUT2D eigenvalue weighted by molar-refractivity contribution is 5.84. The van der Waals surface area contributed by atoms with Crippen LogP contribution in [0.1, 0.15) is 22.7 Å². The first-order valence-electron chi connectivity index (χ1n) is 8.02. The van der Waals surface area contributed by atoms with Crippen molar-refractivity contribution in [2.24, 2.45) is 0 Å². The van der Waals surface area contributed by atoms with Gasteiger partial charge in [-0.2, -0.15) is 0 Å². The standard InChI is InChI=1S/C19H23N3O2/c1-14-8-10-16(11-9-14)19(15-6-4-3-5-7-15)22-13-18(24)21-12-17(23)20-2/h3-11,19,22H,12-13H2,1-2H3,(H,20,23)(H,21,24)/p+1/t19-/m1/s1. The quantitative estimate of drug-likeness (QED) is 0.693. The molecule has 0 aromatic heterocycles. The average molecular weight is 326 g/mol. The fourth-order valence-electron chi connectivity index (χ4n) is 2.46. The largest absolute Gasteiger partial charge is 0.358 e. The zero-order chi connectivity index (χ0) is 17.4. The average Bonchev–Trinajstić information content (AvgIpc) is 2.62. The van der Waals surface area contributed by atoms with Crippen LogP contribution in [0.4, 0.5) is 0 Å². The molecule has 0 saturated carbocycles. The molecule has 24 heavy (non-hydrogen) atoms. The van der Waals surface area contributed by atoms with Crippen molar-refractivity contribution in [1.82, 2.24) is 10.6 Å². The summed E-state index contributed by atoms with van der Waals surface area (Å²) in [5, 5.41) is 7.08. The zero-order valence-corrected chi connectivity index (χ0v) is 14.1. The first kappa shape index (κ1) is 17.7. The van der Waals surface area contributed by atoms with Gasteiger partial charge in [0.2, 0.25) is 5.91 Å². The summed E-state index contributed by atoms with van der Waals surface area (Å²) in [7, 11) is 1.55. The topological polar surface area (TPSA) is 74.8 Å². The van der Waals surface area contributed by atoms with Crippen molar-refractivity contribution < 1.29 is 14.9 Å². The summed E-state index contributed by atoms with van der Waals surface area (Å²) < 4.78 is 0. The fourth-order valence-corrected chi connectivity index (χ4v) is 2.46. The molecule has 1 atom stereocenters. The first-order valence-corrected chi connectivity index (χ1v) is 8.02. The molecule has 0 bridgehead atoms. The lowest BCUT2D eigenvalue weighted by molar-refractivity contribution is -0.676.